The van der Waals surface area contributed by atoms with Gasteiger partial charge in [-0.3, -0.25) is 10.1 Å². The molecular weight excluding hydrogens is 168 g/mol. The summed E-state index contributed by atoms with van der Waals surface area (Å²) in [6.45, 7) is 2.40. The van der Waals surface area contributed by atoms with E-state index in [4.69, 9.17) is 10.5 Å². The van der Waals surface area contributed by atoms with Crippen molar-refractivity contribution in [2.45, 2.75) is 43.9 Å². The van der Waals surface area contributed by atoms with Crippen molar-refractivity contribution in [3.8, 4) is 0 Å². The zero-order chi connectivity index (χ0) is 9.47. The van der Waals surface area contributed by atoms with Crippen LogP contribution in [-0.4, -0.2) is 30.2 Å². The number of hydrogen-bond donors (Lipinski definition) is 2. The highest BCUT2D eigenvalue weighted by Gasteiger charge is 2.46. The number of nitrogens with one attached hydrogen (secondary N) is 1. The normalized spacial score (nSPS) is 39.3. The van der Waals surface area contributed by atoms with E-state index < -0.39 is 5.54 Å². The zero-order valence-electron chi connectivity index (χ0n) is 7.88. The summed E-state index contributed by atoms with van der Waals surface area (Å²) in [6.07, 6.45) is 3.16. The molecule has 2 fully saturated rings. The number of nitrogens with two attached hydrogens (primary N) is 1. The van der Waals surface area contributed by atoms with Gasteiger partial charge in [-0.15, -0.1) is 0 Å². The van der Waals surface area contributed by atoms with Gasteiger partial charge in [0.2, 0.25) is 5.91 Å². The molecule has 0 aromatic carbocycles. The molecule has 3 N–H and O–H groups in total. The summed E-state index contributed by atoms with van der Waals surface area (Å²) >= 11 is 0. The summed E-state index contributed by atoms with van der Waals surface area (Å²) < 4.78 is 5.40. The predicted octanol–water partition coefficient (Wildman–Crippen LogP) is -0.229. The van der Waals surface area contributed by atoms with Crippen molar-refractivity contribution < 1.29 is 9.53 Å². The molecule has 4 nitrogen and oxygen atoms in total. The van der Waals surface area contributed by atoms with Crippen LogP contribution in [0.2, 0.25) is 0 Å². The van der Waals surface area contributed by atoms with Crippen LogP contribution in [0.3, 0.4) is 0 Å². The largest absolute Gasteiger partial charge is 0.376 e. The van der Waals surface area contributed by atoms with E-state index in [1.54, 1.807) is 0 Å². The number of rotatable bonds is 3. The highest BCUT2D eigenvalue weighted by Crippen LogP contribution is 2.29. The van der Waals surface area contributed by atoms with Crippen LogP contribution in [0.1, 0.15) is 26.2 Å². The van der Waals surface area contributed by atoms with Gasteiger partial charge in [0, 0.05) is 12.5 Å². The Balaban J connectivity index is 2.05. The fourth-order valence-corrected chi connectivity index (χ4v) is 1.85. The Morgan fingerprint density at radius 2 is 2.31 bits per heavy atom. The second-order valence-electron chi connectivity index (χ2n) is 4.19. The molecular formula is C9H16N2O2. The van der Waals surface area contributed by atoms with Gasteiger partial charge in [-0.1, -0.05) is 0 Å². The summed E-state index contributed by atoms with van der Waals surface area (Å²) in [5.41, 5.74) is 4.81. The van der Waals surface area contributed by atoms with Gasteiger partial charge in [0.25, 0.3) is 0 Å². The van der Waals surface area contributed by atoms with Gasteiger partial charge in [-0.05, 0) is 19.8 Å². The number of amides is 1. The van der Waals surface area contributed by atoms with Gasteiger partial charge < -0.3 is 10.5 Å². The smallest absolute Gasteiger partial charge is 0.240 e. The molecule has 1 saturated heterocycles. The van der Waals surface area contributed by atoms with Gasteiger partial charge in [0.1, 0.15) is 5.54 Å². The second kappa shape index (κ2) is 2.96. The van der Waals surface area contributed by atoms with Crippen LogP contribution >= 0.6 is 0 Å². The van der Waals surface area contributed by atoms with E-state index in [-0.39, 0.29) is 12.0 Å². The molecule has 2 rings (SSSR count). The monoisotopic (exact) mass is 184 g/mol. The fourth-order valence-electron chi connectivity index (χ4n) is 1.85. The summed E-state index contributed by atoms with van der Waals surface area (Å²) in [5.74, 6) is -0.274. The Labute approximate surface area is 77.8 Å². The van der Waals surface area contributed by atoms with Crippen LogP contribution in [0.5, 0.6) is 0 Å². The van der Waals surface area contributed by atoms with E-state index in [1.165, 1.54) is 0 Å². The zero-order valence-corrected chi connectivity index (χ0v) is 7.88. The molecule has 2 aliphatic rings. The summed E-state index contributed by atoms with van der Waals surface area (Å²) in [7, 11) is 0. The molecule has 0 bridgehead atoms. The lowest BCUT2D eigenvalue weighted by Crippen LogP contribution is -2.57. The molecule has 1 amide bonds. The van der Waals surface area contributed by atoms with Crippen LogP contribution in [0.4, 0.5) is 0 Å². The first-order valence-corrected chi connectivity index (χ1v) is 4.82. The van der Waals surface area contributed by atoms with Crippen LogP contribution in [0.15, 0.2) is 0 Å². The lowest BCUT2D eigenvalue weighted by molar-refractivity contribution is -0.124. The maximum Gasteiger partial charge on any atom is 0.240 e. The van der Waals surface area contributed by atoms with Gasteiger partial charge in [-0.25, -0.2) is 0 Å². The number of hydrogen-bond acceptors (Lipinski definition) is 3. The molecule has 4 heteroatoms. The first kappa shape index (κ1) is 8.97. The minimum absolute atomic E-state index is 0.138. The van der Waals surface area contributed by atoms with Crippen molar-refractivity contribution in [2.75, 3.05) is 6.61 Å². The molecule has 0 spiro atoms. The highest BCUT2D eigenvalue weighted by molar-refractivity contribution is 5.85. The Bertz CT molecular complexity index is 228. The molecule has 2 unspecified atom stereocenters. The number of primary amides is 1. The van der Waals surface area contributed by atoms with Gasteiger partial charge in [0.05, 0.1) is 12.7 Å². The average molecular weight is 184 g/mol. The third-order valence-corrected chi connectivity index (χ3v) is 2.78. The molecule has 0 aromatic rings. The van der Waals surface area contributed by atoms with Crippen molar-refractivity contribution in [1.82, 2.24) is 5.32 Å². The first-order chi connectivity index (χ1) is 6.12. The van der Waals surface area contributed by atoms with E-state index >= 15 is 0 Å². The summed E-state index contributed by atoms with van der Waals surface area (Å²) in [6, 6.07) is 0.487. The van der Waals surface area contributed by atoms with E-state index in [0.717, 1.165) is 12.8 Å². The third-order valence-electron chi connectivity index (χ3n) is 2.78. The van der Waals surface area contributed by atoms with E-state index in [2.05, 4.69) is 5.32 Å². The molecule has 2 atom stereocenters. The van der Waals surface area contributed by atoms with E-state index in [1.807, 2.05) is 6.92 Å². The van der Waals surface area contributed by atoms with Crippen molar-refractivity contribution >= 4 is 5.91 Å². The van der Waals surface area contributed by atoms with Crippen molar-refractivity contribution in [2.24, 2.45) is 5.73 Å². The molecule has 1 saturated carbocycles. The Kier molecular flexibility index (Phi) is 2.04. The van der Waals surface area contributed by atoms with E-state index in [0.29, 0.717) is 19.1 Å². The SMILES string of the molecule is CC1CC(NC2CC2)(C(N)=O)CO1. The highest BCUT2D eigenvalue weighted by atomic mass is 16.5. The summed E-state index contributed by atoms with van der Waals surface area (Å²) in [4.78, 5) is 11.3. The maximum atomic E-state index is 11.3. The lowest BCUT2D eigenvalue weighted by Gasteiger charge is -2.25. The lowest BCUT2D eigenvalue weighted by atomic mass is 9.95. The first-order valence-electron chi connectivity index (χ1n) is 4.82. The van der Waals surface area contributed by atoms with Gasteiger partial charge in [-0.2, -0.15) is 0 Å². The quantitative estimate of drug-likeness (QED) is 0.637. The van der Waals surface area contributed by atoms with Gasteiger partial charge >= 0.3 is 0 Å². The Morgan fingerprint density at radius 1 is 1.62 bits per heavy atom. The average Bonchev–Trinajstić information content (AvgIpc) is 2.76. The predicted molar refractivity (Wildman–Crippen MR) is 48.1 cm³/mol. The second-order valence-corrected chi connectivity index (χ2v) is 4.19. The fraction of sp³-hybridized carbons (Fsp3) is 0.889. The topological polar surface area (TPSA) is 64.3 Å². The van der Waals surface area contributed by atoms with Crippen LogP contribution in [0.25, 0.3) is 0 Å². The molecule has 13 heavy (non-hydrogen) atoms. The molecule has 74 valence electrons. The van der Waals surface area contributed by atoms with Gasteiger partial charge in [0.15, 0.2) is 0 Å². The molecule has 1 aliphatic carbocycles. The van der Waals surface area contributed by atoms with E-state index in [9.17, 15) is 4.79 Å². The van der Waals surface area contributed by atoms with Crippen LogP contribution < -0.4 is 11.1 Å². The molecule has 1 heterocycles. The molecule has 1 aliphatic heterocycles. The number of carbonyl (C=O) groups is 1. The maximum absolute atomic E-state index is 11.3. The van der Waals surface area contributed by atoms with Crippen molar-refractivity contribution in [1.29, 1.82) is 0 Å². The number of ether oxygens (including phenoxy) is 1. The van der Waals surface area contributed by atoms with Crippen LogP contribution in [-0.2, 0) is 9.53 Å². The van der Waals surface area contributed by atoms with Crippen molar-refractivity contribution in [3.63, 3.8) is 0 Å². The Hall–Kier alpha value is -0.610. The molecule has 0 aromatic heterocycles. The third kappa shape index (κ3) is 1.69. The summed E-state index contributed by atoms with van der Waals surface area (Å²) in [5, 5.41) is 3.30. The minimum Gasteiger partial charge on any atom is -0.376 e. The Morgan fingerprint density at radius 3 is 2.69 bits per heavy atom. The minimum atomic E-state index is -0.583. The molecule has 0 radical (unpaired) electrons. The van der Waals surface area contributed by atoms with Crippen molar-refractivity contribution in [3.05, 3.63) is 0 Å². The standard InChI is InChI=1S/C9H16N2O2/c1-6-4-9(5-13-6,8(10)12)11-7-2-3-7/h6-7,11H,2-5H2,1H3,(H2,10,12). The number of carbonyl (C=O) groups excluding carboxylic acids is 1. The van der Waals surface area contributed by atoms with Crippen LogP contribution in [0, 0.1) is 0 Å².